The van der Waals surface area contributed by atoms with Crippen LogP contribution in [0.5, 0.6) is 0 Å². The number of halogens is 2. The first-order valence-electron chi connectivity index (χ1n) is 8.04. The second kappa shape index (κ2) is 10.3. The third-order valence-electron chi connectivity index (χ3n) is 3.42. The van der Waals surface area contributed by atoms with Gasteiger partial charge in [-0.05, 0) is 55.5 Å². The van der Waals surface area contributed by atoms with Gasteiger partial charge >= 0.3 is 0 Å². The normalized spacial score (nSPS) is 10.6. The van der Waals surface area contributed by atoms with Crippen molar-refractivity contribution in [3.8, 4) is 0 Å². The van der Waals surface area contributed by atoms with Gasteiger partial charge in [-0.3, -0.25) is 9.59 Å². The Hall–Kier alpha value is -1.86. The fraction of sp³-hybridized carbons (Fsp3) is 0.263. The molecular weight excluding hydrogens is 376 g/mol. The maximum absolute atomic E-state index is 13.9. The first-order valence-corrected chi connectivity index (χ1v) is 10.0. The van der Waals surface area contributed by atoms with Gasteiger partial charge < -0.3 is 5.32 Å². The quantitative estimate of drug-likeness (QED) is 0.384. The summed E-state index contributed by atoms with van der Waals surface area (Å²) in [6.45, 7) is 1.91. The summed E-state index contributed by atoms with van der Waals surface area (Å²) in [6.07, 6.45) is 0.778. The maximum atomic E-state index is 13.9. The molecule has 0 aliphatic rings. The van der Waals surface area contributed by atoms with Gasteiger partial charge in [-0.25, -0.2) is 8.78 Å². The molecule has 0 aromatic heterocycles. The minimum absolute atomic E-state index is 0.113. The Morgan fingerprint density at radius 3 is 2.42 bits per heavy atom. The SMILES string of the molecule is CC(=O)c1ccc(SCC(=O)NCCCSc2ccc(F)cc2)c(F)c1. The third kappa shape index (κ3) is 6.80. The summed E-state index contributed by atoms with van der Waals surface area (Å²) in [5, 5.41) is 2.79. The summed E-state index contributed by atoms with van der Waals surface area (Å²) < 4.78 is 26.7. The topological polar surface area (TPSA) is 46.2 Å². The Morgan fingerprint density at radius 2 is 1.77 bits per heavy atom. The monoisotopic (exact) mass is 395 g/mol. The van der Waals surface area contributed by atoms with Gasteiger partial charge in [0.15, 0.2) is 5.78 Å². The predicted molar refractivity (Wildman–Crippen MR) is 102 cm³/mol. The molecule has 0 fully saturated rings. The summed E-state index contributed by atoms with van der Waals surface area (Å²) in [5.41, 5.74) is 0.315. The minimum atomic E-state index is -0.494. The van der Waals surface area contributed by atoms with E-state index in [4.69, 9.17) is 0 Å². The molecule has 1 N–H and O–H groups in total. The second-order valence-corrected chi connectivity index (χ2v) is 7.68. The molecule has 0 bridgehead atoms. The van der Waals surface area contributed by atoms with Gasteiger partial charge in [0.2, 0.25) is 5.91 Å². The summed E-state index contributed by atoms with van der Waals surface area (Å²) in [5.74, 6) is -0.201. The molecule has 0 aliphatic heterocycles. The van der Waals surface area contributed by atoms with Crippen molar-refractivity contribution in [1.82, 2.24) is 5.32 Å². The molecule has 0 radical (unpaired) electrons. The molecule has 26 heavy (non-hydrogen) atoms. The number of nitrogens with one attached hydrogen (secondary N) is 1. The molecule has 2 rings (SSSR count). The van der Waals surface area contributed by atoms with Crippen molar-refractivity contribution in [3.05, 3.63) is 59.7 Å². The second-order valence-electron chi connectivity index (χ2n) is 5.50. The molecule has 0 spiro atoms. The van der Waals surface area contributed by atoms with Crippen molar-refractivity contribution in [1.29, 1.82) is 0 Å². The van der Waals surface area contributed by atoms with E-state index in [-0.39, 0.29) is 23.3 Å². The van der Waals surface area contributed by atoms with Crippen molar-refractivity contribution < 1.29 is 18.4 Å². The van der Waals surface area contributed by atoms with E-state index in [1.54, 1.807) is 30.0 Å². The van der Waals surface area contributed by atoms with Crippen LogP contribution < -0.4 is 5.32 Å². The number of Topliss-reactive ketones (excluding diaryl/α,β-unsaturated/α-hetero) is 1. The number of rotatable bonds is 9. The minimum Gasteiger partial charge on any atom is -0.355 e. The van der Waals surface area contributed by atoms with Gasteiger partial charge in [-0.2, -0.15) is 0 Å². The standard InChI is InChI=1S/C19H19F2NO2S2/c1-13(23)14-3-8-18(17(21)11-14)26-12-19(24)22-9-2-10-25-16-6-4-15(20)5-7-16/h3-8,11H,2,9-10,12H2,1H3,(H,22,24). The van der Waals surface area contributed by atoms with Gasteiger partial charge in [0.1, 0.15) is 11.6 Å². The number of thioether (sulfide) groups is 2. The van der Waals surface area contributed by atoms with Gasteiger partial charge in [0.05, 0.1) is 5.75 Å². The van der Waals surface area contributed by atoms with E-state index in [0.29, 0.717) is 17.0 Å². The highest BCUT2D eigenvalue weighted by molar-refractivity contribution is 8.00. The molecule has 0 saturated carbocycles. The van der Waals surface area contributed by atoms with Crippen LogP contribution in [0.4, 0.5) is 8.78 Å². The van der Waals surface area contributed by atoms with Gasteiger partial charge in [-0.1, -0.05) is 6.07 Å². The zero-order valence-electron chi connectivity index (χ0n) is 14.3. The summed E-state index contributed by atoms with van der Waals surface area (Å²) >= 11 is 2.69. The highest BCUT2D eigenvalue weighted by Crippen LogP contribution is 2.23. The van der Waals surface area contributed by atoms with Crippen molar-refractivity contribution >= 4 is 35.2 Å². The Bertz CT molecular complexity index is 767. The fourth-order valence-corrected chi connectivity index (χ4v) is 3.65. The molecule has 0 atom stereocenters. The van der Waals surface area contributed by atoms with Crippen molar-refractivity contribution in [2.75, 3.05) is 18.1 Å². The van der Waals surface area contributed by atoms with Crippen LogP contribution in [0.3, 0.4) is 0 Å². The van der Waals surface area contributed by atoms with Crippen LogP contribution in [-0.4, -0.2) is 29.7 Å². The Kier molecular flexibility index (Phi) is 8.12. The number of carbonyl (C=O) groups excluding carboxylic acids is 2. The predicted octanol–water partition coefficient (Wildman–Crippen LogP) is 4.56. The van der Waals surface area contributed by atoms with E-state index < -0.39 is 5.82 Å². The zero-order valence-corrected chi connectivity index (χ0v) is 15.9. The molecule has 0 heterocycles. The molecule has 3 nitrogen and oxygen atoms in total. The van der Waals surface area contributed by atoms with Crippen molar-refractivity contribution in [3.63, 3.8) is 0 Å². The highest BCUT2D eigenvalue weighted by atomic mass is 32.2. The van der Waals surface area contributed by atoms with Crippen LogP contribution in [0.15, 0.2) is 52.3 Å². The zero-order chi connectivity index (χ0) is 18.9. The van der Waals surface area contributed by atoms with Crippen LogP contribution in [-0.2, 0) is 4.79 Å². The molecule has 0 unspecified atom stereocenters. The fourth-order valence-electron chi connectivity index (χ4n) is 2.05. The van der Waals surface area contributed by atoms with E-state index in [1.807, 2.05) is 0 Å². The number of hydrogen-bond acceptors (Lipinski definition) is 4. The number of ketones is 1. The highest BCUT2D eigenvalue weighted by Gasteiger charge is 2.09. The lowest BCUT2D eigenvalue weighted by atomic mass is 10.1. The Labute approximate surface area is 159 Å². The molecular formula is C19H19F2NO2S2. The van der Waals surface area contributed by atoms with Gasteiger partial charge in [-0.15, -0.1) is 23.5 Å². The third-order valence-corrected chi connectivity index (χ3v) is 5.57. The van der Waals surface area contributed by atoms with Crippen molar-refractivity contribution in [2.24, 2.45) is 0 Å². The van der Waals surface area contributed by atoms with Crippen LogP contribution in [0.2, 0.25) is 0 Å². The van der Waals surface area contributed by atoms with E-state index >= 15 is 0 Å². The van der Waals surface area contributed by atoms with E-state index in [9.17, 15) is 18.4 Å². The maximum Gasteiger partial charge on any atom is 0.230 e. The van der Waals surface area contributed by atoms with Crippen molar-refractivity contribution in [2.45, 2.75) is 23.1 Å². The first-order chi connectivity index (χ1) is 12.5. The van der Waals surface area contributed by atoms with Crippen LogP contribution in [0.1, 0.15) is 23.7 Å². The molecule has 2 aromatic rings. The van der Waals surface area contributed by atoms with Crippen LogP contribution >= 0.6 is 23.5 Å². The number of carbonyl (C=O) groups is 2. The van der Waals surface area contributed by atoms with E-state index in [0.717, 1.165) is 28.8 Å². The van der Waals surface area contributed by atoms with Gasteiger partial charge in [0, 0.05) is 21.9 Å². The van der Waals surface area contributed by atoms with Crippen LogP contribution in [0.25, 0.3) is 0 Å². The number of amides is 1. The Balaban J connectivity index is 1.64. The summed E-state index contributed by atoms with van der Waals surface area (Å²) in [6, 6.07) is 10.5. The van der Waals surface area contributed by atoms with Crippen LogP contribution in [0, 0.1) is 11.6 Å². The lowest BCUT2D eigenvalue weighted by Crippen LogP contribution is -2.26. The number of benzene rings is 2. The largest absolute Gasteiger partial charge is 0.355 e. The van der Waals surface area contributed by atoms with Gasteiger partial charge in [0.25, 0.3) is 0 Å². The number of hydrogen-bond donors (Lipinski definition) is 1. The molecule has 138 valence electrons. The lowest BCUT2D eigenvalue weighted by Gasteiger charge is -2.07. The average Bonchev–Trinajstić information content (AvgIpc) is 2.61. The first kappa shape index (κ1) is 20.5. The summed E-state index contributed by atoms with van der Waals surface area (Å²) in [4.78, 5) is 24.3. The van der Waals surface area contributed by atoms with E-state index in [1.165, 1.54) is 31.2 Å². The van der Waals surface area contributed by atoms with E-state index in [2.05, 4.69) is 5.32 Å². The average molecular weight is 395 g/mol. The summed E-state index contributed by atoms with van der Waals surface area (Å²) in [7, 11) is 0. The lowest BCUT2D eigenvalue weighted by molar-refractivity contribution is -0.118. The molecule has 0 aliphatic carbocycles. The smallest absolute Gasteiger partial charge is 0.230 e. The molecule has 0 saturated heterocycles. The molecule has 2 aromatic carbocycles. The molecule has 7 heteroatoms. The molecule has 1 amide bonds. The Morgan fingerprint density at radius 1 is 1.04 bits per heavy atom.